The largest absolute Gasteiger partial charge is 0.488 e. The minimum atomic E-state index is 0.241. The van der Waals surface area contributed by atoms with Gasteiger partial charge < -0.3 is 4.74 Å². The Morgan fingerprint density at radius 1 is 1.08 bits per heavy atom. The number of rotatable bonds is 7. The van der Waals surface area contributed by atoms with Gasteiger partial charge in [-0.25, -0.2) is 0 Å². The Balaban J connectivity index is 1.82. The number of thioether (sulfide) groups is 1. The van der Waals surface area contributed by atoms with E-state index in [0.717, 1.165) is 27.9 Å². The number of aromatic nitrogens is 3. The molecular weight excluding hydrogens is 344 g/mol. The van der Waals surface area contributed by atoms with Gasteiger partial charge in [0.1, 0.15) is 12.4 Å². The van der Waals surface area contributed by atoms with Gasteiger partial charge in [0.15, 0.2) is 5.82 Å². The standard InChI is InChI=1S/C20H22N4OS/c1-15(2)19-22-23-20(26-3)24(19)21-13-17-11-7-8-12-18(17)25-14-16-9-5-4-6-10-16/h4-13,15H,14H2,1-3H3/b21-13-. The quantitative estimate of drug-likeness (QED) is 0.453. The third kappa shape index (κ3) is 4.32. The Morgan fingerprint density at radius 3 is 2.54 bits per heavy atom. The van der Waals surface area contributed by atoms with Gasteiger partial charge in [-0.1, -0.05) is 68.1 Å². The minimum Gasteiger partial charge on any atom is -0.488 e. The van der Waals surface area contributed by atoms with Crippen LogP contribution in [0.25, 0.3) is 0 Å². The number of para-hydroxylation sites is 1. The first-order valence-corrected chi connectivity index (χ1v) is 9.71. The number of hydrogen-bond acceptors (Lipinski definition) is 5. The lowest BCUT2D eigenvalue weighted by molar-refractivity contribution is 0.306. The second kappa shape index (κ2) is 8.67. The summed E-state index contributed by atoms with van der Waals surface area (Å²) in [6.45, 7) is 4.68. The van der Waals surface area contributed by atoms with Crippen molar-refractivity contribution in [3.63, 3.8) is 0 Å². The minimum absolute atomic E-state index is 0.241. The van der Waals surface area contributed by atoms with E-state index in [1.54, 1.807) is 10.9 Å². The topological polar surface area (TPSA) is 52.3 Å². The molecule has 0 fully saturated rings. The average molecular weight is 366 g/mol. The number of ether oxygens (including phenoxy) is 1. The van der Waals surface area contributed by atoms with Crippen molar-refractivity contribution < 1.29 is 4.74 Å². The van der Waals surface area contributed by atoms with Crippen LogP contribution in [0.5, 0.6) is 5.75 Å². The highest BCUT2D eigenvalue weighted by Crippen LogP contribution is 2.21. The zero-order chi connectivity index (χ0) is 18.4. The van der Waals surface area contributed by atoms with E-state index in [0.29, 0.717) is 6.61 Å². The summed E-state index contributed by atoms with van der Waals surface area (Å²) in [5, 5.41) is 13.8. The van der Waals surface area contributed by atoms with Crippen LogP contribution in [-0.4, -0.2) is 27.3 Å². The molecule has 134 valence electrons. The molecule has 0 unspecified atom stereocenters. The SMILES string of the molecule is CSc1nnc(C(C)C)n1/N=C\c1ccccc1OCc1ccccc1. The van der Waals surface area contributed by atoms with Crippen LogP contribution >= 0.6 is 11.8 Å². The normalized spacial score (nSPS) is 11.4. The van der Waals surface area contributed by atoms with Gasteiger partial charge in [-0.2, -0.15) is 9.78 Å². The van der Waals surface area contributed by atoms with Gasteiger partial charge in [0.25, 0.3) is 0 Å². The zero-order valence-electron chi connectivity index (χ0n) is 15.2. The molecule has 0 aliphatic rings. The third-order valence-electron chi connectivity index (χ3n) is 3.80. The molecule has 3 rings (SSSR count). The predicted molar refractivity (Wildman–Crippen MR) is 106 cm³/mol. The molecule has 0 aliphatic carbocycles. The third-order valence-corrected chi connectivity index (χ3v) is 4.42. The van der Waals surface area contributed by atoms with Gasteiger partial charge in [-0.15, -0.1) is 10.2 Å². The smallest absolute Gasteiger partial charge is 0.211 e. The molecular formula is C20H22N4OS. The number of benzene rings is 2. The second-order valence-electron chi connectivity index (χ2n) is 6.07. The Bertz CT molecular complexity index is 875. The first-order valence-electron chi connectivity index (χ1n) is 8.48. The van der Waals surface area contributed by atoms with Crippen LogP contribution < -0.4 is 4.74 Å². The van der Waals surface area contributed by atoms with Crippen molar-refractivity contribution in [2.45, 2.75) is 31.5 Å². The van der Waals surface area contributed by atoms with Crippen molar-refractivity contribution in [2.75, 3.05) is 6.26 Å². The van der Waals surface area contributed by atoms with Crippen LogP contribution in [0, 0.1) is 0 Å². The van der Waals surface area contributed by atoms with E-state index >= 15 is 0 Å². The highest BCUT2D eigenvalue weighted by atomic mass is 32.2. The molecule has 2 aromatic carbocycles. The highest BCUT2D eigenvalue weighted by Gasteiger charge is 2.13. The number of nitrogens with zero attached hydrogens (tertiary/aromatic N) is 4. The Labute approximate surface area is 158 Å². The van der Waals surface area contributed by atoms with Crippen LogP contribution in [0.2, 0.25) is 0 Å². The van der Waals surface area contributed by atoms with Crippen molar-refractivity contribution in [1.29, 1.82) is 0 Å². The molecule has 3 aromatic rings. The molecule has 0 aliphatic heterocycles. The van der Waals surface area contributed by atoms with Gasteiger partial charge >= 0.3 is 0 Å². The number of hydrogen-bond donors (Lipinski definition) is 0. The molecule has 26 heavy (non-hydrogen) atoms. The second-order valence-corrected chi connectivity index (χ2v) is 6.84. The summed E-state index contributed by atoms with van der Waals surface area (Å²) < 4.78 is 7.79. The van der Waals surface area contributed by atoms with Crippen LogP contribution in [0.3, 0.4) is 0 Å². The molecule has 0 amide bonds. The lowest BCUT2D eigenvalue weighted by Gasteiger charge is -2.09. The van der Waals surface area contributed by atoms with Crippen LogP contribution in [0.1, 0.15) is 36.7 Å². The fourth-order valence-electron chi connectivity index (χ4n) is 2.45. The summed E-state index contributed by atoms with van der Waals surface area (Å²) >= 11 is 1.52. The first-order chi connectivity index (χ1) is 12.7. The van der Waals surface area contributed by atoms with E-state index in [1.165, 1.54) is 11.8 Å². The van der Waals surface area contributed by atoms with E-state index in [2.05, 4.69) is 29.1 Å². The molecule has 0 saturated heterocycles. The molecule has 0 bridgehead atoms. The van der Waals surface area contributed by atoms with Gasteiger partial charge in [0.05, 0.1) is 6.21 Å². The average Bonchev–Trinajstić information content (AvgIpc) is 3.09. The van der Waals surface area contributed by atoms with Crippen molar-refractivity contribution in [2.24, 2.45) is 5.10 Å². The molecule has 1 heterocycles. The van der Waals surface area contributed by atoms with Crippen molar-refractivity contribution in [3.8, 4) is 5.75 Å². The van der Waals surface area contributed by atoms with E-state index in [4.69, 9.17) is 4.74 Å². The van der Waals surface area contributed by atoms with Crippen molar-refractivity contribution >= 4 is 18.0 Å². The molecule has 0 radical (unpaired) electrons. The maximum atomic E-state index is 5.99. The maximum absolute atomic E-state index is 5.99. The fraction of sp³-hybridized carbons (Fsp3) is 0.250. The van der Waals surface area contributed by atoms with Crippen LogP contribution in [0.15, 0.2) is 64.9 Å². The molecule has 0 atom stereocenters. The van der Waals surface area contributed by atoms with Gasteiger partial charge in [0.2, 0.25) is 5.16 Å². The van der Waals surface area contributed by atoms with Crippen molar-refractivity contribution in [3.05, 3.63) is 71.5 Å². The van der Waals surface area contributed by atoms with E-state index in [1.807, 2.05) is 60.9 Å². The summed E-state index contributed by atoms with van der Waals surface area (Å²) in [5.74, 6) is 1.88. The molecule has 5 nitrogen and oxygen atoms in total. The Kier molecular flexibility index (Phi) is 6.07. The summed E-state index contributed by atoms with van der Waals surface area (Å²) in [5.41, 5.74) is 2.05. The van der Waals surface area contributed by atoms with Crippen LogP contribution in [0.4, 0.5) is 0 Å². The van der Waals surface area contributed by atoms with E-state index < -0.39 is 0 Å². The van der Waals surface area contributed by atoms with Gasteiger partial charge in [-0.05, 0) is 24.0 Å². The van der Waals surface area contributed by atoms with Gasteiger partial charge in [0, 0.05) is 11.5 Å². The highest BCUT2D eigenvalue weighted by molar-refractivity contribution is 7.98. The summed E-state index contributed by atoms with van der Waals surface area (Å²) in [6, 6.07) is 18.0. The predicted octanol–water partition coefficient (Wildman–Crippen LogP) is 4.58. The van der Waals surface area contributed by atoms with E-state index in [-0.39, 0.29) is 5.92 Å². The lowest BCUT2D eigenvalue weighted by atomic mass is 10.2. The molecule has 0 saturated carbocycles. The summed E-state index contributed by atoms with van der Waals surface area (Å²) in [6.07, 6.45) is 3.77. The molecule has 0 N–H and O–H groups in total. The Morgan fingerprint density at radius 2 is 1.81 bits per heavy atom. The monoisotopic (exact) mass is 366 g/mol. The zero-order valence-corrected chi connectivity index (χ0v) is 16.0. The molecule has 6 heteroatoms. The summed E-state index contributed by atoms with van der Waals surface area (Å²) in [4.78, 5) is 0. The van der Waals surface area contributed by atoms with Crippen molar-refractivity contribution in [1.82, 2.24) is 14.9 Å². The summed E-state index contributed by atoms with van der Waals surface area (Å²) in [7, 11) is 0. The van der Waals surface area contributed by atoms with Gasteiger partial charge in [-0.3, -0.25) is 0 Å². The molecule has 0 spiro atoms. The fourth-order valence-corrected chi connectivity index (χ4v) is 2.88. The first kappa shape index (κ1) is 18.2. The molecule has 1 aromatic heterocycles. The maximum Gasteiger partial charge on any atom is 0.211 e. The lowest BCUT2D eigenvalue weighted by Crippen LogP contribution is -2.03. The van der Waals surface area contributed by atoms with E-state index in [9.17, 15) is 0 Å². The Hall–Kier alpha value is -2.60. The van der Waals surface area contributed by atoms with Crippen LogP contribution in [-0.2, 0) is 6.61 Å².